The molecule has 0 aromatic carbocycles. The number of rotatable bonds is 3. The molecule has 0 amide bonds. The third-order valence-corrected chi connectivity index (χ3v) is 5.37. The van der Waals surface area contributed by atoms with Gasteiger partial charge in [-0.05, 0) is 38.7 Å². The predicted molar refractivity (Wildman–Crippen MR) is 79.1 cm³/mol. The topological polar surface area (TPSA) is 15.3 Å². The summed E-state index contributed by atoms with van der Waals surface area (Å²) in [7, 11) is 0. The van der Waals surface area contributed by atoms with Crippen molar-refractivity contribution in [3.8, 4) is 0 Å². The van der Waals surface area contributed by atoms with E-state index in [1.54, 1.807) is 5.54 Å². The lowest BCUT2D eigenvalue weighted by Gasteiger charge is -2.52. The molecular weight excluding hydrogens is 244 g/mol. The molecule has 1 unspecified atom stereocenters. The molecule has 104 valence electrons. The van der Waals surface area contributed by atoms with Gasteiger partial charge in [-0.1, -0.05) is 31.4 Å². The van der Waals surface area contributed by atoms with Crippen LogP contribution in [0.2, 0.25) is 0 Å². The van der Waals surface area contributed by atoms with Crippen LogP contribution in [0.25, 0.3) is 0 Å². The molecule has 3 heteroatoms. The molecule has 0 radical (unpaired) electrons. The van der Waals surface area contributed by atoms with Crippen molar-refractivity contribution in [2.24, 2.45) is 0 Å². The number of hydrogen-bond acceptors (Lipinski definition) is 2. The largest absolute Gasteiger partial charge is 0.308 e. The molecular formula is C15H27ClN2. The molecule has 1 N–H and O–H groups in total. The summed E-state index contributed by atoms with van der Waals surface area (Å²) >= 11 is 5.87. The standard InChI is InChI=1S/C15H27ClN2/c1-4-14(3)12-18(10-13(2)9-16)15(11-17-14)7-5-6-8-15/h9,17H,4-8,10-12H2,1-3H3. The minimum absolute atomic E-state index is 0.264. The lowest BCUT2D eigenvalue weighted by atomic mass is 9.84. The highest BCUT2D eigenvalue weighted by molar-refractivity contribution is 6.25. The van der Waals surface area contributed by atoms with Crippen molar-refractivity contribution < 1.29 is 0 Å². The second-order valence-corrected chi connectivity index (χ2v) is 6.73. The quantitative estimate of drug-likeness (QED) is 0.844. The van der Waals surface area contributed by atoms with Gasteiger partial charge in [-0.15, -0.1) is 0 Å². The smallest absolute Gasteiger partial charge is 0.0338 e. The first-order valence-corrected chi connectivity index (χ1v) is 7.73. The summed E-state index contributed by atoms with van der Waals surface area (Å²) < 4.78 is 0. The highest BCUT2D eigenvalue weighted by Crippen LogP contribution is 2.39. The first-order valence-electron chi connectivity index (χ1n) is 7.29. The second kappa shape index (κ2) is 5.52. The maximum atomic E-state index is 5.87. The van der Waals surface area contributed by atoms with Crippen molar-refractivity contribution in [1.82, 2.24) is 10.2 Å². The first kappa shape index (κ1) is 14.4. The Morgan fingerprint density at radius 2 is 2.06 bits per heavy atom. The maximum Gasteiger partial charge on any atom is 0.0338 e. The van der Waals surface area contributed by atoms with Gasteiger partial charge in [0.05, 0.1) is 0 Å². The van der Waals surface area contributed by atoms with Gasteiger partial charge in [0.15, 0.2) is 0 Å². The summed E-state index contributed by atoms with van der Waals surface area (Å²) in [4.78, 5) is 2.70. The normalized spacial score (nSPS) is 33.2. The molecule has 0 bridgehead atoms. The second-order valence-electron chi connectivity index (χ2n) is 6.51. The van der Waals surface area contributed by atoms with Gasteiger partial charge in [0.25, 0.3) is 0 Å². The minimum Gasteiger partial charge on any atom is -0.308 e. The number of hydrogen-bond donors (Lipinski definition) is 1. The van der Waals surface area contributed by atoms with Crippen LogP contribution in [0.5, 0.6) is 0 Å². The number of nitrogens with one attached hydrogen (secondary N) is 1. The van der Waals surface area contributed by atoms with E-state index < -0.39 is 0 Å². The lowest BCUT2D eigenvalue weighted by molar-refractivity contribution is 0.0195. The van der Waals surface area contributed by atoms with E-state index in [9.17, 15) is 0 Å². The van der Waals surface area contributed by atoms with Gasteiger partial charge in [0.2, 0.25) is 0 Å². The van der Waals surface area contributed by atoms with Crippen LogP contribution in [0.15, 0.2) is 11.1 Å². The van der Waals surface area contributed by atoms with E-state index in [0.717, 1.165) is 19.6 Å². The Balaban J connectivity index is 2.16. The molecule has 2 fully saturated rings. The van der Waals surface area contributed by atoms with Crippen molar-refractivity contribution in [2.45, 2.75) is 64.0 Å². The van der Waals surface area contributed by atoms with Gasteiger partial charge >= 0.3 is 0 Å². The summed E-state index contributed by atoms with van der Waals surface area (Å²) in [5.74, 6) is 0. The number of halogens is 1. The molecule has 1 aliphatic carbocycles. The van der Waals surface area contributed by atoms with Gasteiger partial charge in [0.1, 0.15) is 0 Å². The Morgan fingerprint density at radius 1 is 1.39 bits per heavy atom. The van der Waals surface area contributed by atoms with Crippen LogP contribution < -0.4 is 5.32 Å². The van der Waals surface area contributed by atoms with Crippen molar-refractivity contribution >= 4 is 11.6 Å². The molecule has 1 aliphatic heterocycles. The Hall–Kier alpha value is -0.0500. The highest BCUT2D eigenvalue weighted by Gasteiger charge is 2.46. The average molecular weight is 271 g/mol. The summed E-state index contributed by atoms with van der Waals surface area (Å²) in [6.45, 7) is 10.1. The van der Waals surface area contributed by atoms with Crippen LogP contribution >= 0.6 is 11.6 Å². The maximum absolute atomic E-state index is 5.87. The Kier molecular flexibility index (Phi) is 4.40. The van der Waals surface area contributed by atoms with Crippen LogP contribution in [-0.2, 0) is 0 Å². The fourth-order valence-corrected chi connectivity index (χ4v) is 3.53. The molecule has 1 saturated heterocycles. The molecule has 2 aliphatic rings. The molecule has 18 heavy (non-hydrogen) atoms. The molecule has 1 atom stereocenters. The predicted octanol–water partition coefficient (Wildman–Crippen LogP) is 3.52. The van der Waals surface area contributed by atoms with E-state index in [4.69, 9.17) is 11.6 Å². The summed E-state index contributed by atoms with van der Waals surface area (Å²) in [6.07, 6.45) is 6.63. The fraction of sp³-hybridized carbons (Fsp3) is 0.867. The molecule has 2 nitrogen and oxygen atoms in total. The summed E-state index contributed by atoms with van der Waals surface area (Å²) in [6, 6.07) is 0. The Bertz CT molecular complexity index is 320. The van der Waals surface area contributed by atoms with Crippen molar-refractivity contribution in [3.63, 3.8) is 0 Å². The van der Waals surface area contributed by atoms with Crippen LogP contribution in [-0.4, -0.2) is 35.6 Å². The van der Waals surface area contributed by atoms with Crippen LogP contribution in [0.4, 0.5) is 0 Å². The van der Waals surface area contributed by atoms with Gasteiger partial charge in [0, 0.05) is 36.2 Å². The van der Waals surface area contributed by atoms with E-state index >= 15 is 0 Å². The molecule has 1 heterocycles. The van der Waals surface area contributed by atoms with E-state index in [2.05, 4.69) is 31.0 Å². The van der Waals surface area contributed by atoms with E-state index in [1.165, 1.54) is 37.7 Å². The first-order chi connectivity index (χ1) is 8.53. The number of piperazine rings is 1. The van der Waals surface area contributed by atoms with Crippen molar-refractivity contribution in [2.75, 3.05) is 19.6 Å². The monoisotopic (exact) mass is 270 g/mol. The van der Waals surface area contributed by atoms with Gasteiger partial charge in [-0.3, -0.25) is 4.90 Å². The summed E-state index contributed by atoms with van der Waals surface area (Å²) in [5.41, 5.74) is 3.69. The molecule has 2 rings (SSSR count). The van der Waals surface area contributed by atoms with Crippen molar-refractivity contribution in [1.29, 1.82) is 0 Å². The fourth-order valence-electron chi connectivity index (χ4n) is 3.46. The average Bonchev–Trinajstić information content (AvgIpc) is 2.84. The summed E-state index contributed by atoms with van der Waals surface area (Å²) in [5, 5.41) is 3.81. The zero-order valence-electron chi connectivity index (χ0n) is 12.1. The van der Waals surface area contributed by atoms with Crippen LogP contribution in [0.1, 0.15) is 52.9 Å². The van der Waals surface area contributed by atoms with E-state index in [-0.39, 0.29) is 5.54 Å². The van der Waals surface area contributed by atoms with E-state index in [0.29, 0.717) is 5.54 Å². The zero-order valence-corrected chi connectivity index (χ0v) is 12.8. The lowest BCUT2D eigenvalue weighted by Crippen LogP contribution is -2.68. The Morgan fingerprint density at radius 3 is 2.61 bits per heavy atom. The molecule has 1 spiro atoms. The number of nitrogens with zero attached hydrogens (tertiary/aromatic N) is 1. The van der Waals surface area contributed by atoms with Crippen LogP contribution in [0, 0.1) is 0 Å². The van der Waals surface area contributed by atoms with E-state index in [1.807, 2.05) is 0 Å². The third-order valence-electron chi connectivity index (χ3n) is 5.00. The zero-order chi connectivity index (χ0) is 13.2. The van der Waals surface area contributed by atoms with Crippen LogP contribution in [0.3, 0.4) is 0 Å². The van der Waals surface area contributed by atoms with Gasteiger partial charge in [-0.2, -0.15) is 0 Å². The van der Waals surface area contributed by atoms with Gasteiger partial charge < -0.3 is 5.32 Å². The van der Waals surface area contributed by atoms with Crippen molar-refractivity contribution in [3.05, 3.63) is 11.1 Å². The molecule has 0 aromatic heterocycles. The minimum atomic E-state index is 0.264. The molecule has 0 aromatic rings. The Labute approximate surface area is 117 Å². The van der Waals surface area contributed by atoms with Gasteiger partial charge in [-0.25, -0.2) is 0 Å². The molecule has 1 saturated carbocycles. The highest BCUT2D eigenvalue weighted by atomic mass is 35.5. The third kappa shape index (κ3) is 2.76. The SMILES string of the molecule is CCC1(C)CN(CC(C)=CCl)C2(CCCC2)CN1.